The molecule has 5 rings (SSSR count). The van der Waals surface area contributed by atoms with Crippen molar-refractivity contribution in [2.45, 2.75) is 45.6 Å². The number of benzene rings is 1. The zero-order valence-electron chi connectivity index (χ0n) is 21.6. The molecule has 8 heteroatoms. The van der Waals surface area contributed by atoms with Crippen LogP contribution in [0.2, 0.25) is 0 Å². The van der Waals surface area contributed by atoms with Gasteiger partial charge in [0.2, 0.25) is 5.88 Å². The highest BCUT2D eigenvalue weighted by atomic mass is 16.5. The van der Waals surface area contributed by atoms with Gasteiger partial charge in [-0.05, 0) is 49.1 Å². The summed E-state index contributed by atoms with van der Waals surface area (Å²) < 4.78 is 5.69. The Morgan fingerprint density at radius 1 is 0.973 bits per heavy atom. The van der Waals surface area contributed by atoms with Crippen molar-refractivity contribution in [2.75, 3.05) is 32.7 Å². The molecular formula is C29H35N5O3. The number of urea groups is 1. The van der Waals surface area contributed by atoms with Gasteiger partial charge in [-0.15, -0.1) is 0 Å². The molecule has 1 aromatic carbocycles. The van der Waals surface area contributed by atoms with Crippen molar-refractivity contribution in [1.29, 1.82) is 0 Å². The molecule has 2 aliphatic heterocycles. The van der Waals surface area contributed by atoms with Crippen molar-refractivity contribution in [3.8, 4) is 17.1 Å². The normalized spacial score (nSPS) is 16.8. The number of amides is 2. The molecule has 0 saturated carbocycles. The van der Waals surface area contributed by atoms with Gasteiger partial charge in [0.1, 0.15) is 0 Å². The first kappa shape index (κ1) is 25.2. The summed E-state index contributed by atoms with van der Waals surface area (Å²) in [6, 6.07) is 16.2. The average Bonchev–Trinajstić information content (AvgIpc) is 3.22. The van der Waals surface area contributed by atoms with Gasteiger partial charge in [-0.3, -0.25) is 9.88 Å². The smallest absolute Gasteiger partial charge is 0.320 e. The molecular weight excluding hydrogens is 466 g/mol. The van der Waals surface area contributed by atoms with Crippen LogP contribution in [0.1, 0.15) is 30.5 Å². The Labute approximate surface area is 218 Å². The number of β-amino-alcohol motifs (C(OH)–C–C–N with tert-alkyl or cyclic N) is 1. The van der Waals surface area contributed by atoms with E-state index in [1.165, 1.54) is 11.1 Å². The van der Waals surface area contributed by atoms with Crippen LogP contribution in [0.5, 0.6) is 5.88 Å². The summed E-state index contributed by atoms with van der Waals surface area (Å²) in [7, 11) is 0. The predicted octanol–water partition coefficient (Wildman–Crippen LogP) is 3.59. The van der Waals surface area contributed by atoms with Gasteiger partial charge in [-0.1, -0.05) is 30.3 Å². The number of ether oxygens (including phenoxy) is 1. The summed E-state index contributed by atoms with van der Waals surface area (Å²) in [6.45, 7) is 8.41. The van der Waals surface area contributed by atoms with Gasteiger partial charge in [-0.25, -0.2) is 9.78 Å². The van der Waals surface area contributed by atoms with Gasteiger partial charge in [0, 0.05) is 69.8 Å². The van der Waals surface area contributed by atoms with E-state index in [-0.39, 0.29) is 12.1 Å². The van der Waals surface area contributed by atoms with Crippen molar-refractivity contribution in [1.82, 2.24) is 24.7 Å². The van der Waals surface area contributed by atoms with Crippen LogP contribution in [0.15, 0.2) is 60.9 Å². The number of hydrogen-bond acceptors (Lipinski definition) is 6. The Morgan fingerprint density at radius 2 is 1.78 bits per heavy atom. The van der Waals surface area contributed by atoms with E-state index in [0.717, 1.165) is 36.3 Å². The third-order valence-corrected chi connectivity index (χ3v) is 6.88. The quantitative estimate of drug-likeness (QED) is 0.483. The van der Waals surface area contributed by atoms with Crippen molar-refractivity contribution in [3.63, 3.8) is 0 Å². The number of hydrogen-bond donors (Lipinski definition) is 1. The maximum Gasteiger partial charge on any atom is 0.320 e. The summed E-state index contributed by atoms with van der Waals surface area (Å²) in [4.78, 5) is 27.7. The Bertz CT molecular complexity index is 1220. The van der Waals surface area contributed by atoms with Gasteiger partial charge in [0.25, 0.3) is 0 Å². The first-order chi connectivity index (χ1) is 17.9. The molecule has 1 saturated heterocycles. The number of carbonyl (C=O) groups excluding carboxylic acids is 1. The molecule has 1 atom stereocenters. The molecule has 1 fully saturated rings. The number of carbonyl (C=O) groups is 1. The van der Waals surface area contributed by atoms with Crippen LogP contribution in [0.4, 0.5) is 4.79 Å². The van der Waals surface area contributed by atoms with Gasteiger partial charge in [0.15, 0.2) is 0 Å². The van der Waals surface area contributed by atoms with Crippen molar-refractivity contribution >= 4 is 6.03 Å². The minimum Gasteiger partial charge on any atom is -0.475 e. The minimum absolute atomic E-state index is 0.0308. The molecule has 2 amide bonds. The van der Waals surface area contributed by atoms with E-state index in [2.05, 4.69) is 39.1 Å². The molecule has 1 N–H and O–H groups in total. The van der Waals surface area contributed by atoms with E-state index in [4.69, 9.17) is 4.74 Å². The molecule has 194 valence electrons. The molecule has 0 radical (unpaired) electrons. The first-order valence-corrected chi connectivity index (χ1v) is 13.0. The fraction of sp³-hybridized carbons (Fsp3) is 0.414. The van der Waals surface area contributed by atoms with Crippen LogP contribution in [0.25, 0.3) is 11.3 Å². The lowest BCUT2D eigenvalue weighted by molar-refractivity contribution is 0.0812. The van der Waals surface area contributed by atoms with Gasteiger partial charge >= 0.3 is 6.03 Å². The zero-order valence-corrected chi connectivity index (χ0v) is 21.6. The summed E-state index contributed by atoms with van der Waals surface area (Å²) in [6.07, 6.45) is 4.02. The van der Waals surface area contributed by atoms with Crippen LogP contribution < -0.4 is 4.74 Å². The van der Waals surface area contributed by atoms with Crippen LogP contribution in [-0.4, -0.2) is 80.7 Å². The van der Waals surface area contributed by atoms with Crippen LogP contribution in [0, 0.1) is 0 Å². The summed E-state index contributed by atoms with van der Waals surface area (Å²) >= 11 is 0. The van der Waals surface area contributed by atoms with E-state index in [1.54, 1.807) is 11.1 Å². The second-order valence-electron chi connectivity index (χ2n) is 10.2. The summed E-state index contributed by atoms with van der Waals surface area (Å²) in [5.74, 6) is 0.577. The topological polar surface area (TPSA) is 82.0 Å². The van der Waals surface area contributed by atoms with E-state index < -0.39 is 6.10 Å². The average molecular weight is 502 g/mol. The highest BCUT2D eigenvalue weighted by molar-refractivity contribution is 5.76. The third kappa shape index (κ3) is 6.26. The van der Waals surface area contributed by atoms with Gasteiger partial charge in [0.05, 0.1) is 17.9 Å². The van der Waals surface area contributed by atoms with Crippen molar-refractivity contribution < 1.29 is 14.6 Å². The molecule has 0 aliphatic carbocycles. The third-order valence-electron chi connectivity index (χ3n) is 6.88. The molecule has 1 unspecified atom stereocenters. The van der Waals surface area contributed by atoms with Crippen molar-refractivity contribution in [2.24, 2.45) is 0 Å². The number of aliphatic hydroxyl groups excluding tert-OH is 1. The monoisotopic (exact) mass is 501 g/mol. The fourth-order valence-corrected chi connectivity index (χ4v) is 5.05. The Kier molecular flexibility index (Phi) is 7.67. The Hall–Kier alpha value is -3.49. The molecule has 3 aromatic rings. The van der Waals surface area contributed by atoms with Gasteiger partial charge < -0.3 is 19.6 Å². The minimum atomic E-state index is -0.569. The predicted molar refractivity (Wildman–Crippen MR) is 142 cm³/mol. The van der Waals surface area contributed by atoms with Crippen LogP contribution in [-0.2, 0) is 19.5 Å². The maximum absolute atomic E-state index is 13.0. The van der Waals surface area contributed by atoms with E-state index in [9.17, 15) is 9.90 Å². The van der Waals surface area contributed by atoms with Crippen LogP contribution >= 0.6 is 0 Å². The number of pyridine rings is 2. The number of aromatic nitrogens is 2. The lowest BCUT2D eigenvalue weighted by Gasteiger charge is -2.31. The zero-order chi connectivity index (χ0) is 25.8. The highest BCUT2D eigenvalue weighted by Crippen LogP contribution is 2.23. The van der Waals surface area contributed by atoms with E-state index >= 15 is 0 Å². The van der Waals surface area contributed by atoms with E-state index in [0.29, 0.717) is 38.6 Å². The molecule has 0 bridgehead atoms. The molecule has 0 spiro atoms. The molecule has 4 heterocycles. The standard InChI is InChI=1S/C29H35N5O3/c1-21(2)37-28-15-24(9-11-30-28)27-8-7-22(16-31-27)17-33-13-14-34(29(33)36)20-26(35)19-32-12-10-23-5-3-4-6-25(23)18-32/h3-9,11,15-16,21,26,35H,10,12-14,17-20H2,1-2H3. The van der Waals surface area contributed by atoms with E-state index in [1.807, 2.05) is 49.2 Å². The largest absolute Gasteiger partial charge is 0.475 e. The molecule has 2 aliphatic rings. The van der Waals surface area contributed by atoms with Gasteiger partial charge in [-0.2, -0.15) is 0 Å². The fourth-order valence-electron chi connectivity index (χ4n) is 5.05. The first-order valence-electron chi connectivity index (χ1n) is 13.0. The second-order valence-corrected chi connectivity index (χ2v) is 10.2. The summed E-state index contributed by atoms with van der Waals surface area (Å²) in [5, 5.41) is 10.7. The molecule has 8 nitrogen and oxygen atoms in total. The Balaban J connectivity index is 1.12. The number of nitrogens with zero attached hydrogens (tertiary/aromatic N) is 5. The van der Waals surface area contributed by atoms with Crippen LogP contribution in [0.3, 0.4) is 0 Å². The molecule has 2 aromatic heterocycles. The second kappa shape index (κ2) is 11.3. The summed E-state index contributed by atoms with van der Waals surface area (Å²) in [5.41, 5.74) is 5.47. The Morgan fingerprint density at radius 3 is 2.57 bits per heavy atom. The number of fused-ring (bicyclic) bond motifs is 1. The SMILES string of the molecule is CC(C)Oc1cc(-c2ccc(CN3CCN(CC(O)CN4CCc5ccccc5C4)C3=O)cn2)ccn1. The lowest BCUT2D eigenvalue weighted by Crippen LogP contribution is -2.43. The molecule has 37 heavy (non-hydrogen) atoms. The number of rotatable bonds is 9. The highest BCUT2D eigenvalue weighted by Gasteiger charge is 2.30. The maximum atomic E-state index is 13.0. The number of aliphatic hydroxyl groups is 1. The van der Waals surface area contributed by atoms with Crippen molar-refractivity contribution in [3.05, 3.63) is 77.6 Å². The lowest BCUT2D eigenvalue weighted by atomic mass is 10.00.